The summed E-state index contributed by atoms with van der Waals surface area (Å²) in [4.78, 5) is 12.9. The van der Waals surface area contributed by atoms with Crippen LogP contribution < -0.4 is 10.1 Å². The van der Waals surface area contributed by atoms with E-state index in [0.717, 1.165) is 12.0 Å². The van der Waals surface area contributed by atoms with Crippen molar-refractivity contribution in [2.45, 2.75) is 26.2 Å². The van der Waals surface area contributed by atoms with Gasteiger partial charge in [0.1, 0.15) is 12.4 Å². The highest BCUT2D eigenvalue weighted by Gasteiger charge is 2.25. The molecule has 0 saturated heterocycles. The molecule has 2 unspecified atom stereocenters. The average Bonchev–Trinajstić information content (AvgIpc) is 2.62. The first-order valence-electron chi connectivity index (χ1n) is 9.06. The van der Waals surface area contributed by atoms with Crippen LogP contribution in [-0.2, 0) is 14.6 Å². The van der Waals surface area contributed by atoms with Crippen LogP contribution in [-0.4, -0.2) is 32.9 Å². The molecule has 0 saturated carbocycles. The largest absolute Gasteiger partial charge is 0.492 e. The highest BCUT2D eigenvalue weighted by molar-refractivity contribution is 7.90. The number of nitrogens with one attached hydrogen (secondary N) is 1. The molecule has 0 radical (unpaired) electrons. The van der Waals surface area contributed by atoms with Crippen LogP contribution in [0.2, 0.25) is 0 Å². The van der Waals surface area contributed by atoms with E-state index in [9.17, 15) is 13.2 Å². The van der Waals surface area contributed by atoms with Gasteiger partial charge in [-0.25, -0.2) is 8.42 Å². The number of rotatable bonds is 9. The van der Waals surface area contributed by atoms with Gasteiger partial charge in [0.2, 0.25) is 5.91 Å². The predicted octanol–water partition coefficient (Wildman–Crippen LogP) is 3.88. The van der Waals surface area contributed by atoms with Gasteiger partial charge in [0.25, 0.3) is 0 Å². The maximum Gasteiger partial charge on any atom is 0.232 e. The number of anilines is 1. The Labute approximate surface area is 161 Å². The van der Waals surface area contributed by atoms with Crippen LogP contribution in [0, 0.1) is 5.92 Å². The van der Waals surface area contributed by atoms with Crippen molar-refractivity contribution in [1.29, 1.82) is 0 Å². The lowest BCUT2D eigenvalue weighted by molar-refractivity contribution is -0.118. The van der Waals surface area contributed by atoms with E-state index in [2.05, 4.69) is 19.2 Å². The summed E-state index contributed by atoms with van der Waals surface area (Å²) >= 11 is 0. The highest BCUT2D eigenvalue weighted by atomic mass is 32.2. The van der Waals surface area contributed by atoms with Gasteiger partial charge in [-0.2, -0.15) is 0 Å². The molecule has 0 aliphatic heterocycles. The Kier molecular flexibility index (Phi) is 7.42. The minimum atomic E-state index is -3.07. The lowest BCUT2D eigenvalue weighted by Gasteiger charge is -2.23. The van der Waals surface area contributed by atoms with Crippen molar-refractivity contribution in [3.05, 3.63) is 60.2 Å². The summed E-state index contributed by atoms with van der Waals surface area (Å²) in [5.74, 6) is 0.362. The quantitative estimate of drug-likeness (QED) is 0.706. The smallest absolute Gasteiger partial charge is 0.232 e. The zero-order chi connectivity index (χ0) is 19.9. The maximum atomic E-state index is 12.9. The Hall–Kier alpha value is -2.34. The maximum absolute atomic E-state index is 12.9. The summed E-state index contributed by atoms with van der Waals surface area (Å²) in [6.45, 7) is 4.22. The minimum Gasteiger partial charge on any atom is -0.492 e. The molecule has 2 atom stereocenters. The molecule has 0 aromatic heterocycles. The minimum absolute atomic E-state index is 0.0479. The summed E-state index contributed by atoms with van der Waals surface area (Å²) in [7, 11) is -3.07. The van der Waals surface area contributed by atoms with E-state index in [1.165, 1.54) is 6.26 Å². The van der Waals surface area contributed by atoms with Crippen LogP contribution in [0.5, 0.6) is 5.75 Å². The van der Waals surface area contributed by atoms with Gasteiger partial charge in [-0.3, -0.25) is 4.79 Å². The van der Waals surface area contributed by atoms with Gasteiger partial charge in [-0.1, -0.05) is 56.7 Å². The number of ether oxygens (including phenoxy) is 1. The summed E-state index contributed by atoms with van der Waals surface area (Å²) in [5.41, 5.74) is 1.62. The molecular formula is C21H27NO4S. The standard InChI is InChI=1S/C21H27NO4S/c1-4-16(2)20(17-9-6-5-7-10-17)21(23)22-18-11-8-12-19(15-18)26-13-14-27(3,24)25/h5-12,15-16,20H,4,13-14H2,1-3H3,(H,22,23). The van der Waals surface area contributed by atoms with Crippen molar-refractivity contribution in [2.24, 2.45) is 5.92 Å². The summed E-state index contributed by atoms with van der Waals surface area (Å²) in [5, 5.41) is 2.97. The van der Waals surface area contributed by atoms with Crippen LogP contribution >= 0.6 is 0 Å². The summed E-state index contributed by atoms with van der Waals surface area (Å²) in [6, 6.07) is 16.8. The fourth-order valence-electron chi connectivity index (χ4n) is 2.83. The van der Waals surface area contributed by atoms with Crippen molar-refractivity contribution in [1.82, 2.24) is 0 Å². The molecule has 6 heteroatoms. The molecule has 5 nitrogen and oxygen atoms in total. The van der Waals surface area contributed by atoms with Gasteiger partial charge in [-0.15, -0.1) is 0 Å². The fraction of sp³-hybridized carbons (Fsp3) is 0.381. The molecule has 0 bridgehead atoms. The summed E-state index contributed by atoms with van der Waals surface area (Å²) in [6.07, 6.45) is 2.06. The number of hydrogen-bond acceptors (Lipinski definition) is 4. The normalized spacial score (nSPS) is 13.6. The van der Waals surface area contributed by atoms with Crippen LogP contribution in [0.15, 0.2) is 54.6 Å². The third kappa shape index (κ3) is 6.71. The fourth-order valence-corrected chi connectivity index (χ4v) is 3.22. The van der Waals surface area contributed by atoms with Gasteiger partial charge >= 0.3 is 0 Å². The zero-order valence-corrected chi connectivity index (χ0v) is 16.8. The second kappa shape index (κ2) is 9.55. The second-order valence-electron chi connectivity index (χ2n) is 6.77. The molecule has 1 amide bonds. The molecular weight excluding hydrogens is 362 g/mol. The molecule has 0 aliphatic carbocycles. The van der Waals surface area contributed by atoms with Gasteiger partial charge < -0.3 is 10.1 Å². The number of hydrogen-bond donors (Lipinski definition) is 1. The third-order valence-electron chi connectivity index (χ3n) is 4.48. The number of amides is 1. The van der Waals surface area contributed by atoms with E-state index < -0.39 is 9.84 Å². The topological polar surface area (TPSA) is 72.5 Å². The first kappa shape index (κ1) is 21.0. The zero-order valence-electron chi connectivity index (χ0n) is 16.0. The Morgan fingerprint density at radius 3 is 2.44 bits per heavy atom. The van der Waals surface area contributed by atoms with Crippen molar-refractivity contribution >= 4 is 21.4 Å². The van der Waals surface area contributed by atoms with Crippen LogP contribution in [0.25, 0.3) is 0 Å². The number of carbonyl (C=O) groups excluding carboxylic acids is 1. The van der Waals surface area contributed by atoms with E-state index in [-0.39, 0.29) is 30.1 Å². The first-order chi connectivity index (χ1) is 12.8. The predicted molar refractivity (Wildman–Crippen MR) is 109 cm³/mol. The van der Waals surface area contributed by atoms with Crippen LogP contribution in [0.1, 0.15) is 31.7 Å². The molecule has 2 aromatic rings. The second-order valence-corrected chi connectivity index (χ2v) is 9.03. The third-order valence-corrected chi connectivity index (χ3v) is 5.39. The highest BCUT2D eigenvalue weighted by Crippen LogP contribution is 2.29. The van der Waals surface area contributed by atoms with Gasteiger partial charge in [-0.05, 0) is 23.6 Å². The number of carbonyl (C=O) groups is 1. The van der Waals surface area contributed by atoms with Crippen molar-refractivity contribution in [3.63, 3.8) is 0 Å². The number of sulfone groups is 1. The van der Waals surface area contributed by atoms with E-state index in [0.29, 0.717) is 11.4 Å². The molecule has 0 spiro atoms. The molecule has 146 valence electrons. The Morgan fingerprint density at radius 2 is 1.81 bits per heavy atom. The lowest BCUT2D eigenvalue weighted by atomic mass is 9.85. The van der Waals surface area contributed by atoms with E-state index in [4.69, 9.17) is 4.74 Å². The molecule has 1 N–H and O–H groups in total. The summed E-state index contributed by atoms with van der Waals surface area (Å²) < 4.78 is 27.9. The van der Waals surface area contributed by atoms with Crippen molar-refractivity contribution < 1.29 is 17.9 Å². The van der Waals surface area contributed by atoms with Crippen molar-refractivity contribution in [3.8, 4) is 5.75 Å². The van der Waals surface area contributed by atoms with Gasteiger partial charge in [0.05, 0.1) is 11.7 Å². The van der Waals surface area contributed by atoms with Crippen LogP contribution in [0.4, 0.5) is 5.69 Å². The van der Waals surface area contributed by atoms with E-state index in [1.807, 2.05) is 30.3 Å². The molecule has 0 fully saturated rings. The average molecular weight is 390 g/mol. The van der Waals surface area contributed by atoms with Gasteiger partial charge in [0, 0.05) is 18.0 Å². The Morgan fingerprint density at radius 1 is 1.11 bits per heavy atom. The Balaban J connectivity index is 2.10. The SMILES string of the molecule is CCC(C)C(C(=O)Nc1cccc(OCCS(C)(=O)=O)c1)c1ccccc1. The molecule has 0 aliphatic rings. The van der Waals surface area contributed by atoms with E-state index >= 15 is 0 Å². The molecule has 2 aromatic carbocycles. The lowest BCUT2D eigenvalue weighted by Crippen LogP contribution is -2.26. The van der Waals surface area contributed by atoms with Gasteiger partial charge in [0.15, 0.2) is 9.84 Å². The molecule has 2 rings (SSSR count). The van der Waals surface area contributed by atoms with E-state index in [1.54, 1.807) is 24.3 Å². The van der Waals surface area contributed by atoms with Crippen molar-refractivity contribution in [2.75, 3.05) is 23.9 Å². The molecule has 0 heterocycles. The Bertz CT molecular complexity index is 849. The monoisotopic (exact) mass is 389 g/mol. The molecule has 27 heavy (non-hydrogen) atoms. The number of benzene rings is 2. The van der Waals surface area contributed by atoms with Crippen LogP contribution in [0.3, 0.4) is 0 Å². The first-order valence-corrected chi connectivity index (χ1v) is 11.1.